The lowest BCUT2D eigenvalue weighted by atomic mass is 9.90. The number of halogens is 1. The molecule has 1 heteroatoms. The maximum absolute atomic E-state index is 3.65. The van der Waals surface area contributed by atoms with Crippen molar-refractivity contribution in [1.29, 1.82) is 0 Å². The van der Waals surface area contributed by atoms with Crippen molar-refractivity contribution in [2.24, 2.45) is 0 Å². The van der Waals surface area contributed by atoms with Gasteiger partial charge in [-0.3, -0.25) is 0 Å². The monoisotopic (exact) mass is 262 g/mol. The second-order valence-corrected chi connectivity index (χ2v) is 5.05. The van der Waals surface area contributed by atoms with Crippen LogP contribution in [0.4, 0.5) is 0 Å². The minimum atomic E-state index is 0.458. The molecule has 0 spiro atoms. The molecule has 15 heavy (non-hydrogen) atoms. The number of rotatable bonds is 2. The molecule has 0 heterocycles. The Hall–Kier alpha value is -0.820. The van der Waals surface area contributed by atoms with Gasteiger partial charge in [-0.25, -0.2) is 0 Å². The summed E-state index contributed by atoms with van der Waals surface area (Å²) in [5, 5.41) is 0. The molecule has 78 valence electrons. The number of hydrogen-bond donors (Lipinski definition) is 0. The minimum absolute atomic E-state index is 0.458. The van der Waals surface area contributed by atoms with Crippen LogP contribution in [0.2, 0.25) is 0 Å². The molecule has 1 aromatic carbocycles. The van der Waals surface area contributed by atoms with Crippen LogP contribution in [0.25, 0.3) is 0 Å². The molecule has 0 aliphatic heterocycles. The first-order valence-electron chi connectivity index (χ1n) is 5.33. The summed E-state index contributed by atoms with van der Waals surface area (Å²) in [6, 6.07) is 6.47. The molecule has 0 saturated heterocycles. The van der Waals surface area contributed by atoms with Crippen molar-refractivity contribution >= 4 is 15.9 Å². The summed E-state index contributed by atoms with van der Waals surface area (Å²) < 4.78 is 1.23. The number of benzene rings is 1. The van der Waals surface area contributed by atoms with E-state index in [1.54, 1.807) is 0 Å². The second-order valence-electron chi connectivity index (χ2n) is 4.19. The van der Waals surface area contributed by atoms with E-state index < -0.39 is 0 Å². The van der Waals surface area contributed by atoms with E-state index in [0.717, 1.165) is 0 Å². The minimum Gasteiger partial charge on any atom is -0.0732 e. The van der Waals surface area contributed by atoms with Crippen molar-refractivity contribution in [3.63, 3.8) is 0 Å². The van der Waals surface area contributed by atoms with Crippen LogP contribution in [0.3, 0.4) is 0 Å². The molecule has 1 aromatic rings. The molecular weight excluding hydrogens is 248 g/mol. The number of allylic oxidation sites excluding steroid dienone is 4. The van der Waals surface area contributed by atoms with Gasteiger partial charge in [0.25, 0.3) is 0 Å². The molecule has 0 bridgehead atoms. The van der Waals surface area contributed by atoms with E-state index in [1.165, 1.54) is 15.6 Å². The quantitative estimate of drug-likeness (QED) is 0.720. The van der Waals surface area contributed by atoms with Gasteiger partial charge >= 0.3 is 0 Å². The van der Waals surface area contributed by atoms with Crippen LogP contribution in [-0.2, 0) is 0 Å². The first-order valence-corrected chi connectivity index (χ1v) is 6.12. The highest BCUT2D eigenvalue weighted by Gasteiger charge is 2.16. The van der Waals surface area contributed by atoms with Crippen molar-refractivity contribution in [2.75, 3.05) is 0 Å². The molecular formula is C14H15Br. The molecule has 0 saturated carbocycles. The summed E-state index contributed by atoms with van der Waals surface area (Å²) in [6.45, 7) is 4.48. The summed E-state index contributed by atoms with van der Waals surface area (Å²) in [7, 11) is 0. The normalized spacial score (nSPS) is 15.5. The highest BCUT2D eigenvalue weighted by atomic mass is 79.9. The van der Waals surface area contributed by atoms with Crippen LogP contribution >= 0.6 is 15.9 Å². The SMILES string of the molecule is CC(C)c1c(Br)cccc1C1C=CC=C1. The zero-order chi connectivity index (χ0) is 10.8. The Morgan fingerprint density at radius 3 is 2.40 bits per heavy atom. The molecule has 1 aliphatic rings. The summed E-state index contributed by atoms with van der Waals surface area (Å²) in [6.07, 6.45) is 8.73. The van der Waals surface area contributed by atoms with Gasteiger partial charge in [0.05, 0.1) is 0 Å². The Bertz CT molecular complexity index is 401. The van der Waals surface area contributed by atoms with Crippen molar-refractivity contribution in [3.05, 3.63) is 58.1 Å². The highest BCUT2D eigenvalue weighted by Crippen LogP contribution is 2.34. The Balaban J connectivity index is 2.50. The fourth-order valence-electron chi connectivity index (χ4n) is 2.09. The van der Waals surface area contributed by atoms with E-state index in [9.17, 15) is 0 Å². The lowest BCUT2D eigenvalue weighted by Gasteiger charge is -2.17. The van der Waals surface area contributed by atoms with Crippen LogP contribution in [0.15, 0.2) is 47.0 Å². The van der Waals surface area contributed by atoms with Crippen LogP contribution in [-0.4, -0.2) is 0 Å². The van der Waals surface area contributed by atoms with Gasteiger partial charge in [-0.1, -0.05) is 66.2 Å². The molecule has 2 rings (SSSR count). The zero-order valence-corrected chi connectivity index (χ0v) is 10.7. The predicted octanol–water partition coefficient (Wildman–Crippen LogP) is 4.78. The first kappa shape index (κ1) is 10.7. The van der Waals surface area contributed by atoms with Gasteiger partial charge < -0.3 is 0 Å². The van der Waals surface area contributed by atoms with Gasteiger partial charge in [-0.2, -0.15) is 0 Å². The summed E-state index contributed by atoms with van der Waals surface area (Å²) >= 11 is 3.65. The maximum atomic E-state index is 3.65. The third-order valence-corrected chi connectivity index (χ3v) is 3.46. The fourth-order valence-corrected chi connectivity index (χ4v) is 2.93. The molecule has 0 radical (unpaired) electrons. The average molecular weight is 263 g/mol. The van der Waals surface area contributed by atoms with Crippen molar-refractivity contribution in [2.45, 2.75) is 25.7 Å². The van der Waals surface area contributed by atoms with Crippen molar-refractivity contribution in [1.82, 2.24) is 0 Å². The van der Waals surface area contributed by atoms with Crippen LogP contribution in [0.1, 0.15) is 36.8 Å². The van der Waals surface area contributed by atoms with Gasteiger partial charge in [-0.15, -0.1) is 0 Å². The highest BCUT2D eigenvalue weighted by molar-refractivity contribution is 9.10. The summed E-state index contributed by atoms with van der Waals surface area (Å²) in [4.78, 5) is 0. The lowest BCUT2D eigenvalue weighted by Crippen LogP contribution is -2.00. The Morgan fingerprint density at radius 1 is 1.13 bits per heavy atom. The molecule has 0 unspecified atom stereocenters. The first-order chi connectivity index (χ1) is 7.20. The molecule has 0 fully saturated rings. The summed E-state index contributed by atoms with van der Waals surface area (Å²) in [5.74, 6) is 1.01. The van der Waals surface area contributed by atoms with Crippen molar-refractivity contribution < 1.29 is 0 Å². The zero-order valence-electron chi connectivity index (χ0n) is 9.07. The van der Waals surface area contributed by atoms with Gasteiger partial charge in [-0.05, 0) is 23.1 Å². The summed E-state index contributed by atoms with van der Waals surface area (Å²) in [5.41, 5.74) is 2.85. The van der Waals surface area contributed by atoms with E-state index in [2.05, 4.69) is 72.3 Å². The van der Waals surface area contributed by atoms with Gasteiger partial charge in [0.1, 0.15) is 0 Å². The standard InChI is InChI=1S/C14H15Br/c1-10(2)14-12(8-5-9-13(14)15)11-6-3-4-7-11/h3-11H,1-2H3. The van der Waals surface area contributed by atoms with E-state index in [4.69, 9.17) is 0 Å². The topological polar surface area (TPSA) is 0 Å². The maximum Gasteiger partial charge on any atom is 0.0212 e. The average Bonchev–Trinajstić information content (AvgIpc) is 2.69. The molecule has 0 nitrogen and oxygen atoms in total. The van der Waals surface area contributed by atoms with Crippen molar-refractivity contribution in [3.8, 4) is 0 Å². The second kappa shape index (κ2) is 4.36. The number of hydrogen-bond acceptors (Lipinski definition) is 0. The lowest BCUT2D eigenvalue weighted by molar-refractivity contribution is 0.834. The molecule has 1 aliphatic carbocycles. The molecule has 0 N–H and O–H groups in total. The van der Waals surface area contributed by atoms with Gasteiger partial charge in [0, 0.05) is 10.4 Å². The van der Waals surface area contributed by atoms with Crippen LogP contribution < -0.4 is 0 Å². The van der Waals surface area contributed by atoms with E-state index in [1.807, 2.05) is 0 Å². The van der Waals surface area contributed by atoms with E-state index in [0.29, 0.717) is 11.8 Å². The smallest absolute Gasteiger partial charge is 0.0212 e. The molecule has 0 aromatic heterocycles. The van der Waals surface area contributed by atoms with E-state index >= 15 is 0 Å². The molecule has 0 atom stereocenters. The van der Waals surface area contributed by atoms with Gasteiger partial charge in [0.15, 0.2) is 0 Å². The van der Waals surface area contributed by atoms with Gasteiger partial charge in [0.2, 0.25) is 0 Å². The molecule has 0 amide bonds. The fraction of sp³-hybridized carbons (Fsp3) is 0.286. The van der Waals surface area contributed by atoms with Crippen LogP contribution in [0.5, 0.6) is 0 Å². The third-order valence-electron chi connectivity index (χ3n) is 2.77. The predicted molar refractivity (Wildman–Crippen MR) is 69.3 cm³/mol. The Morgan fingerprint density at radius 2 is 1.80 bits per heavy atom. The largest absolute Gasteiger partial charge is 0.0732 e. The van der Waals surface area contributed by atoms with E-state index in [-0.39, 0.29) is 0 Å². The third kappa shape index (κ3) is 2.07. The Kier molecular flexibility index (Phi) is 3.11. The Labute approximate surface area is 99.8 Å². The van der Waals surface area contributed by atoms with Crippen LogP contribution in [0, 0.1) is 0 Å².